The van der Waals surface area contributed by atoms with Crippen molar-refractivity contribution in [3.8, 4) is 0 Å². The number of fused-ring (bicyclic) bond motifs is 1. The molecule has 0 saturated carbocycles. The Hall–Kier alpha value is -2.71. The number of aromatic nitrogens is 4. The monoisotopic (exact) mass is 265 g/mol. The molecule has 0 saturated heterocycles. The number of esters is 1. The Morgan fingerprint density at radius 1 is 1.53 bits per heavy atom. The number of hydrogen-bond donors (Lipinski definition) is 2. The van der Waals surface area contributed by atoms with E-state index in [1.807, 2.05) is 0 Å². The zero-order valence-corrected chi connectivity index (χ0v) is 10.3. The molecule has 19 heavy (non-hydrogen) atoms. The second kappa shape index (κ2) is 4.88. The highest BCUT2D eigenvalue weighted by atomic mass is 16.5. The summed E-state index contributed by atoms with van der Waals surface area (Å²) in [5, 5.41) is 2.36. The van der Waals surface area contributed by atoms with Crippen LogP contribution < -0.4 is 10.9 Å². The van der Waals surface area contributed by atoms with Crippen LogP contribution in [0.2, 0.25) is 0 Å². The van der Waals surface area contributed by atoms with E-state index < -0.39 is 11.5 Å². The number of methoxy groups -OCH3 is 1. The Balaban J connectivity index is 2.50. The van der Waals surface area contributed by atoms with Crippen molar-refractivity contribution in [2.24, 2.45) is 0 Å². The molecule has 0 aromatic carbocycles. The maximum atomic E-state index is 11.7. The first-order chi connectivity index (χ1) is 9.01. The van der Waals surface area contributed by atoms with Crippen LogP contribution in [0.5, 0.6) is 0 Å². The van der Waals surface area contributed by atoms with Gasteiger partial charge in [-0.15, -0.1) is 0 Å². The van der Waals surface area contributed by atoms with Crippen LogP contribution in [0.25, 0.3) is 11.2 Å². The van der Waals surface area contributed by atoms with Crippen molar-refractivity contribution < 1.29 is 14.3 Å². The zero-order chi connectivity index (χ0) is 14.0. The van der Waals surface area contributed by atoms with E-state index in [0.717, 1.165) is 0 Å². The lowest BCUT2D eigenvalue weighted by Crippen LogP contribution is -2.17. The number of nitrogens with zero attached hydrogens (tertiary/aromatic N) is 3. The lowest BCUT2D eigenvalue weighted by molar-refractivity contribution is -0.141. The molecular weight excluding hydrogens is 254 g/mol. The van der Waals surface area contributed by atoms with Gasteiger partial charge in [0.05, 0.1) is 13.4 Å². The average molecular weight is 265 g/mol. The maximum absolute atomic E-state index is 11.7. The van der Waals surface area contributed by atoms with Crippen LogP contribution in [-0.2, 0) is 20.9 Å². The van der Waals surface area contributed by atoms with Gasteiger partial charge in [0.25, 0.3) is 5.56 Å². The van der Waals surface area contributed by atoms with E-state index in [4.69, 9.17) is 0 Å². The number of ether oxygens (including phenoxy) is 1. The Labute approximate surface area is 106 Å². The van der Waals surface area contributed by atoms with Gasteiger partial charge < -0.3 is 9.30 Å². The van der Waals surface area contributed by atoms with Gasteiger partial charge >= 0.3 is 5.97 Å². The minimum atomic E-state index is -0.502. The molecule has 0 unspecified atom stereocenters. The zero-order valence-electron chi connectivity index (χ0n) is 10.3. The minimum absolute atomic E-state index is 0.00313. The number of nitrogens with one attached hydrogen (secondary N) is 2. The quantitative estimate of drug-likeness (QED) is 0.705. The molecule has 1 amide bonds. The summed E-state index contributed by atoms with van der Waals surface area (Å²) in [6, 6.07) is 0. The van der Waals surface area contributed by atoms with Crippen LogP contribution in [0.3, 0.4) is 0 Å². The third-order valence-corrected chi connectivity index (χ3v) is 2.30. The second-order valence-corrected chi connectivity index (χ2v) is 3.72. The summed E-state index contributed by atoms with van der Waals surface area (Å²) in [6.07, 6.45) is 1.31. The topological polar surface area (TPSA) is 119 Å². The van der Waals surface area contributed by atoms with Gasteiger partial charge in [-0.25, -0.2) is 4.98 Å². The van der Waals surface area contributed by atoms with Crippen molar-refractivity contribution in [3.63, 3.8) is 0 Å². The van der Waals surface area contributed by atoms with Crippen LogP contribution in [-0.4, -0.2) is 38.5 Å². The molecule has 9 heteroatoms. The van der Waals surface area contributed by atoms with Crippen molar-refractivity contribution in [1.82, 2.24) is 19.5 Å². The second-order valence-electron chi connectivity index (χ2n) is 3.72. The maximum Gasteiger partial charge on any atom is 0.325 e. The molecule has 2 N–H and O–H groups in total. The number of H-pyrrole nitrogens is 1. The number of imidazole rings is 1. The first-order valence-electron chi connectivity index (χ1n) is 5.31. The molecule has 0 atom stereocenters. The van der Waals surface area contributed by atoms with Crippen molar-refractivity contribution in [3.05, 3.63) is 16.7 Å². The van der Waals surface area contributed by atoms with E-state index in [0.29, 0.717) is 0 Å². The summed E-state index contributed by atoms with van der Waals surface area (Å²) in [4.78, 5) is 44.1. The summed E-state index contributed by atoms with van der Waals surface area (Å²) in [5.74, 6) is -0.874. The highest BCUT2D eigenvalue weighted by Gasteiger charge is 2.13. The SMILES string of the molecule is COC(=O)Cn1cnc2c(=O)[nH]c(NC(C)=O)nc21. The van der Waals surface area contributed by atoms with Gasteiger partial charge in [0.2, 0.25) is 11.9 Å². The molecule has 2 rings (SSSR count). The molecule has 0 fully saturated rings. The Morgan fingerprint density at radius 3 is 2.89 bits per heavy atom. The Kier molecular flexibility index (Phi) is 3.27. The fourth-order valence-electron chi connectivity index (χ4n) is 1.50. The first kappa shape index (κ1) is 12.7. The van der Waals surface area contributed by atoms with Gasteiger partial charge in [-0.2, -0.15) is 4.98 Å². The predicted octanol–water partition coefficient (Wildman–Crippen LogP) is -0.749. The molecule has 0 aliphatic heterocycles. The van der Waals surface area contributed by atoms with E-state index in [9.17, 15) is 14.4 Å². The third-order valence-electron chi connectivity index (χ3n) is 2.30. The van der Waals surface area contributed by atoms with E-state index in [-0.39, 0.29) is 29.6 Å². The van der Waals surface area contributed by atoms with Crippen molar-refractivity contribution >= 4 is 29.0 Å². The van der Waals surface area contributed by atoms with Crippen molar-refractivity contribution in [1.29, 1.82) is 0 Å². The summed E-state index contributed by atoms with van der Waals surface area (Å²) < 4.78 is 5.89. The summed E-state index contributed by atoms with van der Waals surface area (Å²) in [5.41, 5.74) is -0.228. The number of anilines is 1. The Morgan fingerprint density at radius 2 is 2.26 bits per heavy atom. The molecule has 0 aliphatic rings. The molecule has 0 aliphatic carbocycles. The van der Waals surface area contributed by atoms with E-state index in [1.54, 1.807) is 0 Å². The lowest BCUT2D eigenvalue weighted by Gasteiger charge is -2.03. The summed E-state index contributed by atoms with van der Waals surface area (Å²) in [7, 11) is 1.25. The standard InChI is InChI=1S/C10H11N5O4/c1-5(16)12-10-13-8-7(9(18)14-10)11-4-15(8)3-6(17)19-2/h4H,3H2,1-2H3,(H2,12,13,14,16,18). The normalized spacial score (nSPS) is 10.4. The van der Waals surface area contributed by atoms with Crippen molar-refractivity contribution in [2.45, 2.75) is 13.5 Å². The largest absolute Gasteiger partial charge is 0.468 e. The number of aromatic amines is 1. The predicted molar refractivity (Wildman–Crippen MR) is 64.5 cm³/mol. The van der Waals surface area contributed by atoms with Crippen LogP contribution in [0.1, 0.15) is 6.92 Å². The van der Waals surface area contributed by atoms with Crippen LogP contribution in [0.15, 0.2) is 11.1 Å². The van der Waals surface area contributed by atoms with Gasteiger partial charge in [-0.05, 0) is 0 Å². The molecule has 2 aromatic heterocycles. The fourth-order valence-corrected chi connectivity index (χ4v) is 1.50. The molecular formula is C10H11N5O4. The van der Waals surface area contributed by atoms with E-state index >= 15 is 0 Å². The number of hydrogen-bond acceptors (Lipinski definition) is 6. The lowest BCUT2D eigenvalue weighted by atomic mass is 10.5. The first-order valence-corrected chi connectivity index (χ1v) is 5.31. The summed E-state index contributed by atoms with van der Waals surface area (Å²) >= 11 is 0. The van der Waals surface area contributed by atoms with E-state index in [2.05, 4.69) is 25.0 Å². The molecule has 2 heterocycles. The number of amides is 1. The van der Waals surface area contributed by atoms with Crippen molar-refractivity contribution in [2.75, 3.05) is 12.4 Å². The molecule has 100 valence electrons. The van der Waals surface area contributed by atoms with Gasteiger partial charge in [0.15, 0.2) is 11.2 Å². The number of carbonyl (C=O) groups excluding carboxylic acids is 2. The van der Waals surface area contributed by atoms with Gasteiger partial charge in [0.1, 0.15) is 6.54 Å². The highest BCUT2D eigenvalue weighted by Crippen LogP contribution is 2.07. The highest BCUT2D eigenvalue weighted by molar-refractivity contribution is 5.87. The smallest absolute Gasteiger partial charge is 0.325 e. The minimum Gasteiger partial charge on any atom is -0.468 e. The molecule has 0 bridgehead atoms. The van der Waals surface area contributed by atoms with Crippen LogP contribution in [0, 0.1) is 0 Å². The van der Waals surface area contributed by atoms with E-state index in [1.165, 1.54) is 24.9 Å². The van der Waals surface area contributed by atoms with Gasteiger partial charge in [0, 0.05) is 6.92 Å². The molecule has 0 radical (unpaired) electrons. The molecule has 9 nitrogen and oxygen atoms in total. The third kappa shape index (κ3) is 2.59. The summed E-state index contributed by atoms with van der Waals surface area (Å²) in [6.45, 7) is 1.17. The Bertz CT molecular complexity index is 701. The number of carbonyl (C=O) groups is 2. The molecule has 2 aromatic rings. The molecule has 0 spiro atoms. The number of rotatable bonds is 3. The van der Waals surface area contributed by atoms with Gasteiger partial charge in [-0.1, -0.05) is 0 Å². The fraction of sp³-hybridized carbons (Fsp3) is 0.300. The van der Waals surface area contributed by atoms with Crippen LogP contribution >= 0.6 is 0 Å². The average Bonchev–Trinajstić information content (AvgIpc) is 2.72. The van der Waals surface area contributed by atoms with Gasteiger partial charge in [-0.3, -0.25) is 24.7 Å². The van der Waals surface area contributed by atoms with Crippen LogP contribution in [0.4, 0.5) is 5.95 Å².